The summed E-state index contributed by atoms with van der Waals surface area (Å²) < 4.78 is 0. The molecule has 1 fully saturated rings. The molecule has 0 amide bonds. The van der Waals surface area contributed by atoms with Crippen LogP contribution in [0.3, 0.4) is 0 Å². The van der Waals surface area contributed by atoms with Crippen molar-refractivity contribution in [1.29, 1.82) is 0 Å². The van der Waals surface area contributed by atoms with Gasteiger partial charge in [-0.05, 0) is 43.1 Å². The Morgan fingerprint density at radius 1 is 1.45 bits per heavy atom. The Kier molecular flexibility index (Phi) is 4.97. The van der Waals surface area contributed by atoms with Gasteiger partial charge in [-0.3, -0.25) is 0 Å². The highest BCUT2D eigenvalue weighted by atomic mass is 32.2. The molecule has 1 aliphatic rings. The lowest BCUT2D eigenvalue weighted by atomic mass is 9.75. The number of nitrogens with one attached hydrogen (secondary N) is 1. The van der Waals surface area contributed by atoms with Gasteiger partial charge in [0.05, 0.1) is 0 Å². The maximum Gasteiger partial charge on any atom is 0.107 e. The molecule has 0 radical (unpaired) electrons. The van der Waals surface area contributed by atoms with Gasteiger partial charge in [-0.25, -0.2) is 0 Å². The van der Waals surface area contributed by atoms with E-state index in [1.807, 2.05) is 0 Å². The first-order valence-electron chi connectivity index (χ1n) is 7.16. The van der Waals surface area contributed by atoms with Crippen LogP contribution >= 0.6 is 24.0 Å². The van der Waals surface area contributed by atoms with Crippen LogP contribution in [0.1, 0.15) is 45.1 Å². The van der Waals surface area contributed by atoms with Crippen LogP contribution in [0.2, 0.25) is 0 Å². The molecule has 1 aliphatic carbocycles. The zero-order chi connectivity index (χ0) is 14.8. The molecule has 1 saturated carbocycles. The minimum absolute atomic E-state index is 0.427. The number of anilines is 1. The van der Waals surface area contributed by atoms with E-state index in [-0.39, 0.29) is 0 Å². The Labute approximate surface area is 131 Å². The number of thioether (sulfide) groups is 1. The Balaban J connectivity index is 2.23. The topological polar surface area (TPSA) is 38.0 Å². The van der Waals surface area contributed by atoms with E-state index in [9.17, 15) is 0 Å². The lowest BCUT2D eigenvalue weighted by Crippen LogP contribution is -2.32. The second-order valence-electron chi connectivity index (χ2n) is 6.35. The standard InChI is InChI=1S/C16H24N2S2/c1-16(2)9-5-6-11(10-16)18-12-7-4-8-13(20-3)14(12)15(17)19/h4,7-8,11,18H,5-6,9-10H2,1-3H3,(H2,17,19). The predicted molar refractivity (Wildman–Crippen MR) is 93.8 cm³/mol. The first-order valence-corrected chi connectivity index (χ1v) is 8.79. The van der Waals surface area contributed by atoms with Gasteiger partial charge in [-0.15, -0.1) is 11.8 Å². The highest BCUT2D eigenvalue weighted by Crippen LogP contribution is 2.37. The summed E-state index contributed by atoms with van der Waals surface area (Å²) in [5.74, 6) is 0. The number of hydrogen-bond acceptors (Lipinski definition) is 3. The van der Waals surface area contributed by atoms with E-state index >= 15 is 0 Å². The molecule has 20 heavy (non-hydrogen) atoms. The van der Waals surface area contributed by atoms with Crippen LogP contribution in [0.4, 0.5) is 5.69 Å². The number of nitrogens with two attached hydrogens (primary N) is 1. The molecule has 1 unspecified atom stereocenters. The maximum atomic E-state index is 5.93. The van der Waals surface area contributed by atoms with Crippen molar-refractivity contribution in [1.82, 2.24) is 0 Å². The number of benzene rings is 1. The third-order valence-corrected chi connectivity index (χ3v) is 5.04. The average Bonchev–Trinajstić information content (AvgIpc) is 2.36. The van der Waals surface area contributed by atoms with Gasteiger partial charge in [0.25, 0.3) is 0 Å². The van der Waals surface area contributed by atoms with Crippen LogP contribution in [0.15, 0.2) is 23.1 Å². The van der Waals surface area contributed by atoms with Gasteiger partial charge in [0, 0.05) is 22.2 Å². The van der Waals surface area contributed by atoms with Crippen molar-refractivity contribution in [3.63, 3.8) is 0 Å². The molecule has 0 spiro atoms. The average molecular weight is 309 g/mol. The van der Waals surface area contributed by atoms with Gasteiger partial charge < -0.3 is 11.1 Å². The zero-order valence-electron chi connectivity index (χ0n) is 12.5. The maximum absolute atomic E-state index is 5.93. The normalized spacial score (nSPS) is 21.4. The zero-order valence-corrected chi connectivity index (χ0v) is 14.2. The summed E-state index contributed by atoms with van der Waals surface area (Å²) in [5, 5.41) is 3.68. The molecule has 0 heterocycles. The fraction of sp³-hybridized carbons (Fsp3) is 0.562. The van der Waals surface area contributed by atoms with Gasteiger partial charge >= 0.3 is 0 Å². The molecule has 1 atom stereocenters. The summed E-state index contributed by atoms with van der Waals surface area (Å²) in [4.78, 5) is 1.63. The van der Waals surface area contributed by atoms with Crippen molar-refractivity contribution in [3.05, 3.63) is 23.8 Å². The second kappa shape index (κ2) is 6.35. The quantitative estimate of drug-likeness (QED) is 0.638. The van der Waals surface area contributed by atoms with Crippen LogP contribution in [0.25, 0.3) is 0 Å². The van der Waals surface area contributed by atoms with Gasteiger partial charge in [-0.1, -0.05) is 38.6 Å². The summed E-state index contributed by atoms with van der Waals surface area (Å²) in [6.07, 6.45) is 7.09. The number of thiocarbonyl (C=S) groups is 1. The van der Waals surface area contributed by atoms with Gasteiger partial charge in [0.2, 0.25) is 0 Å². The van der Waals surface area contributed by atoms with E-state index in [4.69, 9.17) is 18.0 Å². The molecule has 2 nitrogen and oxygen atoms in total. The molecule has 0 aromatic heterocycles. The van der Waals surface area contributed by atoms with Crippen LogP contribution in [-0.2, 0) is 0 Å². The van der Waals surface area contributed by atoms with Gasteiger partial charge in [-0.2, -0.15) is 0 Å². The fourth-order valence-corrected chi connectivity index (χ4v) is 4.04. The third kappa shape index (κ3) is 3.67. The fourth-order valence-electron chi connectivity index (χ4n) is 3.12. The van der Waals surface area contributed by atoms with E-state index in [0.29, 0.717) is 16.4 Å². The van der Waals surface area contributed by atoms with Gasteiger partial charge in [0.15, 0.2) is 0 Å². The first-order chi connectivity index (χ1) is 9.43. The molecular formula is C16H24N2S2. The Morgan fingerprint density at radius 3 is 2.80 bits per heavy atom. The summed E-state index contributed by atoms with van der Waals surface area (Å²) in [5.41, 5.74) is 8.44. The minimum atomic E-state index is 0.427. The lowest BCUT2D eigenvalue weighted by Gasteiger charge is -2.36. The van der Waals surface area contributed by atoms with Crippen molar-refractivity contribution < 1.29 is 0 Å². The van der Waals surface area contributed by atoms with E-state index in [2.05, 4.69) is 43.6 Å². The molecule has 110 valence electrons. The lowest BCUT2D eigenvalue weighted by molar-refractivity contribution is 0.229. The minimum Gasteiger partial charge on any atom is -0.389 e. The molecule has 0 aliphatic heterocycles. The van der Waals surface area contributed by atoms with Crippen molar-refractivity contribution >= 4 is 34.7 Å². The van der Waals surface area contributed by atoms with Crippen LogP contribution in [0, 0.1) is 5.41 Å². The van der Waals surface area contributed by atoms with Crippen molar-refractivity contribution in [2.45, 2.75) is 50.5 Å². The molecule has 4 heteroatoms. The molecule has 0 bridgehead atoms. The van der Waals surface area contributed by atoms with E-state index in [0.717, 1.165) is 16.1 Å². The summed E-state index contributed by atoms with van der Waals surface area (Å²) >= 11 is 6.93. The highest BCUT2D eigenvalue weighted by molar-refractivity contribution is 7.98. The summed E-state index contributed by atoms with van der Waals surface area (Å²) in [7, 11) is 0. The molecule has 1 aromatic carbocycles. The van der Waals surface area contributed by atoms with Crippen LogP contribution < -0.4 is 11.1 Å². The monoisotopic (exact) mass is 308 g/mol. The summed E-state index contributed by atoms with van der Waals surface area (Å²) in [6.45, 7) is 4.71. The molecule has 1 aromatic rings. The van der Waals surface area contributed by atoms with Crippen molar-refractivity contribution in [3.8, 4) is 0 Å². The smallest absolute Gasteiger partial charge is 0.107 e. The number of hydrogen-bond donors (Lipinski definition) is 2. The van der Waals surface area contributed by atoms with Crippen LogP contribution in [0.5, 0.6) is 0 Å². The molecule has 0 saturated heterocycles. The Morgan fingerprint density at radius 2 is 2.20 bits per heavy atom. The second-order valence-corrected chi connectivity index (χ2v) is 7.64. The first kappa shape index (κ1) is 15.6. The Bertz CT molecular complexity index is 497. The van der Waals surface area contributed by atoms with Crippen LogP contribution in [-0.4, -0.2) is 17.3 Å². The highest BCUT2D eigenvalue weighted by Gasteiger charge is 2.28. The predicted octanol–water partition coefficient (Wildman–Crippen LogP) is 4.42. The van der Waals surface area contributed by atoms with Crippen molar-refractivity contribution in [2.75, 3.05) is 11.6 Å². The van der Waals surface area contributed by atoms with E-state index in [1.165, 1.54) is 25.7 Å². The van der Waals surface area contributed by atoms with E-state index < -0.39 is 0 Å². The number of rotatable bonds is 4. The van der Waals surface area contributed by atoms with Gasteiger partial charge in [0.1, 0.15) is 4.99 Å². The Hall–Kier alpha value is -0.740. The molecule has 2 rings (SSSR count). The SMILES string of the molecule is CSc1cccc(NC2CCCC(C)(C)C2)c1C(N)=S. The molecule has 3 N–H and O–H groups in total. The largest absolute Gasteiger partial charge is 0.389 e. The van der Waals surface area contributed by atoms with Crippen molar-refractivity contribution in [2.24, 2.45) is 11.1 Å². The third-order valence-electron chi connectivity index (χ3n) is 4.06. The van der Waals surface area contributed by atoms with E-state index in [1.54, 1.807) is 11.8 Å². The molecular weight excluding hydrogens is 284 g/mol. The summed E-state index contributed by atoms with van der Waals surface area (Å²) in [6, 6.07) is 6.76.